The average Bonchev–Trinajstić information content (AvgIpc) is 0.963. The highest BCUT2D eigenvalue weighted by Crippen LogP contribution is 2.47. The van der Waals surface area contributed by atoms with Crippen molar-refractivity contribution in [2.45, 2.75) is 207 Å². The summed E-state index contributed by atoms with van der Waals surface area (Å²) in [7, 11) is 0. The van der Waals surface area contributed by atoms with Crippen LogP contribution in [0.3, 0.4) is 0 Å². The molecule has 0 N–H and O–H groups in total. The summed E-state index contributed by atoms with van der Waals surface area (Å²) < 4.78 is 0. The smallest absolute Gasteiger partial charge is 0.00958 e. The van der Waals surface area contributed by atoms with E-state index in [1.54, 1.807) is 0 Å². The molecule has 0 saturated heterocycles. The standard InChI is InChI=1S/C88H98/c1-5-9-13-17-21-25-43-67-65-41-31-29-39-63(65)59-83-71(67)47-33-53-77(83)79-55-35-49-73-69(45-27-23-19-15-11-7-3)75-51-37-57-81(87(75)61-85(73)79)82-58-38-52-76-70(46-28-24-20-16-12-8-4)74-50-36-56-80(86(74)62-88(76)82)78-54-34-48-72-68(44-26-22-18-14-10-6-2)66-42-32-30-40-64(66)60-84(72)78/h29-42,47-62H,5-28,43-46H2,1-4H3. The molecule has 0 spiro atoms. The quantitative estimate of drug-likeness (QED) is 0.0300. The Morgan fingerprint density at radius 2 is 0.375 bits per heavy atom. The molecular weight excluding hydrogens is 1060 g/mol. The van der Waals surface area contributed by atoms with Crippen LogP contribution in [0.5, 0.6) is 0 Å². The van der Waals surface area contributed by atoms with Crippen molar-refractivity contribution in [3.63, 3.8) is 0 Å². The van der Waals surface area contributed by atoms with Crippen LogP contribution in [-0.2, 0) is 25.7 Å². The van der Waals surface area contributed by atoms with Crippen molar-refractivity contribution in [3.05, 3.63) is 204 Å². The summed E-state index contributed by atoms with van der Waals surface area (Å²) in [5, 5.41) is 22.3. The molecule has 0 heterocycles. The SMILES string of the molecule is CCCCCCCCc1c2ccccc2cc2c(-c3cccc4c(CCCCCCCC)c5cccc(-c6cccc7c(CCCCCCCC)c8cccc(-c9cccc%10c(CCCCCCCC)c%11ccccc%11cc9%10)c8cc67)c5cc34)cccc12. The fourth-order valence-corrected chi connectivity index (χ4v) is 15.7. The van der Waals surface area contributed by atoms with E-state index in [0.29, 0.717) is 0 Å². The minimum atomic E-state index is 1.07. The van der Waals surface area contributed by atoms with Crippen LogP contribution in [-0.4, -0.2) is 0 Å². The molecule has 0 aliphatic rings. The van der Waals surface area contributed by atoms with Gasteiger partial charge in [0.15, 0.2) is 0 Å². The van der Waals surface area contributed by atoms with Crippen molar-refractivity contribution < 1.29 is 0 Å². The van der Waals surface area contributed by atoms with Crippen LogP contribution in [0.2, 0.25) is 0 Å². The Bertz CT molecular complexity index is 4060. The van der Waals surface area contributed by atoms with E-state index in [2.05, 4.69) is 210 Å². The van der Waals surface area contributed by atoms with Crippen molar-refractivity contribution in [1.29, 1.82) is 0 Å². The molecule has 0 nitrogen and oxygen atoms in total. The second-order valence-electron chi connectivity index (χ2n) is 26.3. The zero-order chi connectivity index (χ0) is 60.0. The van der Waals surface area contributed by atoms with Gasteiger partial charge in [-0.25, -0.2) is 0 Å². The summed E-state index contributed by atoms with van der Waals surface area (Å²) in [5.41, 5.74) is 14.1. The first-order valence-corrected chi connectivity index (χ1v) is 35.4. The maximum Gasteiger partial charge on any atom is -0.00958 e. The fraction of sp³-hybridized carbons (Fsp3) is 0.364. The van der Waals surface area contributed by atoms with Gasteiger partial charge in [-0.3, -0.25) is 0 Å². The fourth-order valence-electron chi connectivity index (χ4n) is 15.7. The highest BCUT2D eigenvalue weighted by atomic mass is 14.3. The van der Waals surface area contributed by atoms with Gasteiger partial charge in [-0.2, -0.15) is 0 Å². The molecular formula is C88H98. The molecule has 0 unspecified atom stereocenters. The average molecular weight is 1160 g/mol. The van der Waals surface area contributed by atoms with E-state index in [1.807, 2.05) is 0 Å². The summed E-state index contributed by atoms with van der Waals surface area (Å²) in [6, 6.07) is 72.2. The van der Waals surface area contributed by atoms with Crippen molar-refractivity contribution in [2.75, 3.05) is 0 Å². The number of hydrogen-bond acceptors (Lipinski definition) is 0. The molecule has 0 fully saturated rings. The number of hydrogen-bond donors (Lipinski definition) is 0. The Morgan fingerprint density at radius 3 is 0.636 bits per heavy atom. The van der Waals surface area contributed by atoms with E-state index in [9.17, 15) is 0 Å². The minimum absolute atomic E-state index is 1.07. The first-order chi connectivity index (χ1) is 43.6. The molecule has 0 aliphatic heterocycles. The van der Waals surface area contributed by atoms with Gasteiger partial charge in [0.2, 0.25) is 0 Å². The number of benzene rings is 12. The lowest BCUT2D eigenvalue weighted by Crippen LogP contribution is -1.97. The zero-order valence-electron chi connectivity index (χ0n) is 54.1. The molecule has 0 aromatic heterocycles. The Kier molecular flexibility index (Phi) is 20.7. The van der Waals surface area contributed by atoms with Gasteiger partial charge >= 0.3 is 0 Å². The summed E-state index contributed by atoms with van der Waals surface area (Å²) in [6.07, 6.45) is 35.4. The monoisotopic (exact) mass is 1150 g/mol. The normalized spacial score (nSPS) is 12.0. The van der Waals surface area contributed by atoms with Crippen molar-refractivity contribution in [2.24, 2.45) is 0 Å². The van der Waals surface area contributed by atoms with Crippen molar-refractivity contribution in [3.8, 4) is 33.4 Å². The molecule has 0 amide bonds. The van der Waals surface area contributed by atoms with Gasteiger partial charge < -0.3 is 0 Å². The highest BCUT2D eigenvalue weighted by molar-refractivity contribution is 6.20. The van der Waals surface area contributed by atoms with Gasteiger partial charge in [-0.1, -0.05) is 314 Å². The van der Waals surface area contributed by atoms with E-state index >= 15 is 0 Å². The molecule has 0 bridgehead atoms. The lowest BCUT2D eigenvalue weighted by Gasteiger charge is -2.21. The van der Waals surface area contributed by atoms with Gasteiger partial charge in [-0.15, -0.1) is 0 Å². The molecule has 0 radical (unpaired) electrons. The third-order valence-electron chi connectivity index (χ3n) is 20.3. The summed E-state index contributed by atoms with van der Waals surface area (Å²) in [6.45, 7) is 9.30. The van der Waals surface area contributed by atoms with Gasteiger partial charge in [-0.05, 0) is 217 Å². The largest absolute Gasteiger partial charge is 0.0654 e. The number of rotatable bonds is 31. The molecule has 0 aliphatic carbocycles. The number of unbranched alkanes of at least 4 members (excludes halogenated alkanes) is 20. The van der Waals surface area contributed by atoms with Crippen LogP contribution in [0.25, 0.3) is 120 Å². The Morgan fingerprint density at radius 1 is 0.170 bits per heavy atom. The Labute approximate surface area is 528 Å². The summed E-state index contributed by atoms with van der Waals surface area (Å²) >= 11 is 0. The highest BCUT2D eigenvalue weighted by Gasteiger charge is 2.22. The van der Waals surface area contributed by atoms with Crippen LogP contribution in [0.4, 0.5) is 0 Å². The van der Waals surface area contributed by atoms with E-state index in [0.717, 1.165) is 25.7 Å². The summed E-state index contributed by atoms with van der Waals surface area (Å²) in [5.74, 6) is 0. The van der Waals surface area contributed by atoms with Gasteiger partial charge in [0, 0.05) is 0 Å². The Balaban J connectivity index is 1.05. The van der Waals surface area contributed by atoms with Crippen LogP contribution in [0, 0.1) is 0 Å². The van der Waals surface area contributed by atoms with Crippen LogP contribution < -0.4 is 0 Å². The minimum Gasteiger partial charge on any atom is -0.0654 e. The lowest BCUT2D eigenvalue weighted by atomic mass is 9.83. The maximum atomic E-state index is 2.63. The maximum absolute atomic E-state index is 2.63. The van der Waals surface area contributed by atoms with E-state index < -0.39 is 0 Å². The zero-order valence-corrected chi connectivity index (χ0v) is 54.1. The Hall–Kier alpha value is -7.28. The second kappa shape index (κ2) is 29.8. The first-order valence-electron chi connectivity index (χ1n) is 35.4. The van der Waals surface area contributed by atoms with Gasteiger partial charge in [0.25, 0.3) is 0 Å². The summed E-state index contributed by atoms with van der Waals surface area (Å²) in [4.78, 5) is 0. The first kappa shape index (κ1) is 61.0. The lowest BCUT2D eigenvalue weighted by molar-refractivity contribution is 0.609. The van der Waals surface area contributed by atoms with Crippen LogP contribution in [0.1, 0.15) is 204 Å². The van der Waals surface area contributed by atoms with Gasteiger partial charge in [0.05, 0.1) is 0 Å². The topological polar surface area (TPSA) is 0 Å². The number of aryl methyl sites for hydroxylation is 4. The van der Waals surface area contributed by atoms with E-state index in [4.69, 9.17) is 0 Å². The molecule has 450 valence electrons. The number of fused-ring (bicyclic) bond motifs is 8. The van der Waals surface area contributed by atoms with Crippen LogP contribution in [0.15, 0.2) is 182 Å². The van der Waals surface area contributed by atoms with Crippen molar-refractivity contribution in [1.82, 2.24) is 0 Å². The third kappa shape index (κ3) is 13.1. The molecule has 12 aromatic carbocycles. The predicted molar refractivity (Wildman–Crippen MR) is 391 cm³/mol. The predicted octanol–water partition coefficient (Wildman–Crippen LogP) is 27.5. The van der Waals surface area contributed by atoms with E-state index in [-0.39, 0.29) is 0 Å². The van der Waals surface area contributed by atoms with Crippen LogP contribution >= 0.6 is 0 Å². The third-order valence-corrected chi connectivity index (χ3v) is 20.3. The molecule has 12 rings (SSSR count). The van der Waals surface area contributed by atoms with E-state index in [1.165, 1.54) is 296 Å². The molecule has 0 atom stereocenters. The second-order valence-corrected chi connectivity index (χ2v) is 26.3. The van der Waals surface area contributed by atoms with Gasteiger partial charge in [0.1, 0.15) is 0 Å². The molecule has 0 saturated carbocycles. The molecule has 88 heavy (non-hydrogen) atoms. The molecule has 0 heteroatoms. The van der Waals surface area contributed by atoms with Crippen molar-refractivity contribution >= 4 is 86.2 Å². The molecule has 12 aromatic rings.